The maximum Gasteiger partial charge on any atom is 0.412 e. The van der Waals surface area contributed by atoms with Gasteiger partial charge in [-0.15, -0.1) is 6.58 Å². The minimum atomic E-state index is -0.917. The minimum absolute atomic E-state index is 0.195. The Balaban J connectivity index is 2.09. The molecule has 0 spiro atoms. The van der Waals surface area contributed by atoms with Gasteiger partial charge in [-0.3, -0.25) is 4.79 Å². The second kappa shape index (κ2) is 14.2. The van der Waals surface area contributed by atoms with Crippen molar-refractivity contribution in [2.45, 2.75) is 51.0 Å². The largest absolute Gasteiger partial charge is 0.467 e. The second-order valence-electron chi connectivity index (χ2n) is 7.98. The fraction of sp³-hybridized carbons (Fsp3) is 0.480. The van der Waals surface area contributed by atoms with Gasteiger partial charge in [0, 0.05) is 19.6 Å². The molecule has 3 atom stereocenters. The van der Waals surface area contributed by atoms with Crippen LogP contribution in [0.1, 0.15) is 31.7 Å². The van der Waals surface area contributed by atoms with Crippen LogP contribution in [0.4, 0.5) is 4.79 Å². The number of carbonyl (C=O) groups is 3. The van der Waals surface area contributed by atoms with Gasteiger partial charge >= 0.3 is 12.1 Å². The molecule has 0 aromatic heterocycles. The molecule has 1 N–H and O–H groups in total. The van der Waals surface area contributed by atoms with Crippen molar-refractivity contribution in [2.75, 3.05) is 26.9 Å². The van der Waals surface area contributed by atoms with Crippen LogP contribution in [0.15, 0.2) is 55.3 Å². The first-order valence-corrected chi connectivity index (χ1v) is 11.2. The van der Waals surface area contributed by atoms with Crippen LogP contribution in [0, 0.1) is 0 Å². The topological polar surface area (TPSA) is 103 Å². The SMILES string of the molecule is C=CCOCCC[C@H](NC(=O)OC(=C)C)C(=O)N1C[C@H](OCc2ccccc2)C[C@H]1C(=O)OC. The van der Waals surface area contributed by atoms with Gasteiger partial charge in [-0.1, -0.05) is 43.0 Å². The molecule has 1 aromatic rings. The number of esters is 1. The molecular formula is C25H34N2O7. The number of hydrogen-bond acceptors (Lipinski definition) is 7. The van der Waals surface area contributed by atoms with Gasteiger partial charge in [-0.25, -0.2) is 9.59 Å². The molecule has 1 aromatic carbocycles. The zero-order valence-corrected chi connectivity index (χ0v) is 19.9. The summed E-state index contributed by atoms with van der Waals surface area (Å²) in [5.41, 5.74) is 0.989. The lowest BCUT2D eigenvalue weighted by molar-refractivity contribution is -0.151. The second-order valence-corrected chi connectivity index (χ2v) is 7.98. The van der Waals surface area contributed by atoms with E-state index in [1.807, 2.05) is 30.3 Å². The third kappa shape index (κ3) is 8.64. The maximum absolute atomic E-state index is 13.5. The van der Waals surface area contributed by atoms with Gasteiger partial charge in [0.05, 0.1) is 32.2 Å². The molecule has 34 heavy (non-hydrogen) atoms. The Hall–Kier alpha value is -3.17. The van der Waals surface area contributed by atoms with Crippen LogP contribution in [0.5, 0.6) is 0 Å². The Kier molecular flexibility index (Phi) is 11.3. The molecule has 0 saturated carbocycles. The third-order valence-corrected chi connectivity index (χ3v) is 5.22. The number of nitrogens with one attached hydrogen (secondary N) is 1. The van der Waals surface area contributed by atoms with Crippen molar-refractivity contribution < 1.29 is 33.3 Å². The predicted molar refractivity (Wildman–Crippen MR) is 126 cm³/mol. The number of benzene rings is 1. The maximum atomic E-state index is 13.5. The number of hydrogen-bond donors (Lipinski definition) is 1. The van der Waals surface area contributed by atoms with Crippen molar-refractivity contribution in [3.63, 3.8) is 0 Å². The standard InChI is InChI=1S/C25H34N2O7/c1-5-13-32-14-9-12-21(26-25(30)34-18(2)3)23(28)27-16-20(15-22(27)24(29)31-4)33-17-19-10-7-6-8-11-19/h5-8,10-11,20-22H,1-2,9,12-17H2,3-4H3,(H,26,30)/t20-,21+,22+/m1/s1. The quantitative estimate of drug-likeness (QED) is 0.203. The van der Waals surface area contributed by atoms with Gasteiger partial charge in [0.1, 0.15) is 12.1 Å². The van der Waals surface area contributed by atoms with Gasteiger partial charge in [-0.2, -0.15) is 0 Å². The summed E-state index contributed by atoms with van der Waals surface area (Å²) in [6.07, 6.45) is 1.59. The zero-order valence-electron chi connectivity index (χ0n) is 19.9. The summed E-state index contributed by atoms with van der Waals surface area (Å²) >= 11 is 0. The molecule has 0 radical (unpaired) electrons. The number of methoxy groups -OCH3 is 1. The van der Waals surface area contributed by atoms with Crippen LogP contribution in [0.3, 0.4) is 0 Å². The summed E-state index contributed by atoms with van der Waals surface area (Å²) < 4.78 is 21.2. The smallest absolute Gasteiger partial charge is 0.412 e. The van der Waals surface area contributed by atoms with Crippen molar-refractivity contribution in [3.8, 4) is 0 Å². The van der Waals surface area contributed by atoms with E-state index in [0.717, 1.165) is 5.56 Å². The molecule has 0 aliphatic carbocycles. The average Bonchev–Trinajstić information content (AvgIpc) is 3.25. The molecule has 1 aliphatic rings. The highest BCUT2D eigenvalue weighted by Gasteiger charge is 2.43. The molecule has 1 aliphatic heterocycles. The Labute approximate surface area is 200 Å². The molecule has 186 valence electrons. The van der Waals surface area contributed by atoms with Crippen molar-refractivity contribution in [1.29, 1.82) is 0 Å². The van der Waals surface area contributed by atoms with Crippen molar-refractivity contribution in [1.82, 2.24) is 10.2 Å². The minimum Gasteiger partial charge on any atom is -0.467 e. The highest BCUT2D eigenvalue weighted by atomic mass is 16.6. The van der Waals surface area contributed by atoms with Crippen molar-refractivity contribution in [3.05, 3.63) is 60.9 Å². The van der Waals surface area contributed by atoms with E-state index < -0.39 is 30.1 Å². The van der Waals surface area contributed by atoms with Gasteiger partial charge in [0.2, 0.25) is 5.91 Å². The van der Waals surface area contributed by atoms with Crippen LogP contribution in [0.2, 0.25) is 0 Å². The van der Waals surface area contributed by atoms with E-state index >= 15 is 0 Å². The first kappa shape index (κ1) is 27.1. The summed E-state index contributed by atoms with van der Waals surface area (Å²) in [6, 6.07) is 7.91. The Bertz CT molecular complexity index is 843. The molecule has 2 amide bonds. The van der Waals surface area contributed by atoms with E-state index in [-0.39, 0.29) is 18.4 Å². The first-order valence-electron chi connectivity index (χ1n) is 11.2. The van der Waals surface area contributed by atoms with Crippen LogP contribution in [-0.2, 0) is 35.1 Å². The van der Waals surface area contributed by atoms with E-state index in [9.17, 15) is 14.4 Å². The Morgan fingerprint density at radius 2 is 2.00 bits per heavy atom. The van der Waals surface area contributed by atoms with Gasteiger partial charge in [0.25, 0.3) is 0 Å². The molecule has 1 heterocycles. The molecule has 1 saturated heterocycles. The lowest BCUT2D eigenvalue weighted by atomic mass is 10.1. The molecule has 0 bridgehead atoms. The van der Waals surface area contributed by atoms with E-state index in [1.54, 1.807) is 6.08 Å². The van der Waals surface area contributed by atoms with Gasteiger partial charge < -0.3 is 29.2 Å². The Morgan fingerprint density at radius 3 is 2.65 bits per heavy atom. The summed E-state index contributed by atoms with van der Waals surface area (Å²) in [5.74, 6) is -0.749. The average molecular weight is 475 g/mol. The molecule has 9 nitrogen and oxygen atoms in total. The van der Waals surface area contributed by atoms with E-state index in [1.165, 1.54) is 18.9 Å². The summed E-state index contributed by atoms with van der Waals surface area (Å²) in [7, 11) is 1.28. The molecular weight excluding hydrogens is 440 g/mol. The van der Waals surface area contributed by atoms with Crippen molar-refractivity contribution >= 4 is 18.0 Å². The number of alkyl carbamates (subject to hydrolysis) is 1. The van der Waals surface area contributed by atoms with Crippen molar-refractivity contribution in [2.24, 2.45) is 0 Å². The normalized spacial score (nSPS) is 18.1. The third-order valence-electron chi connectivity index (χ3n) is 5.22. The fourth-order valence-electron chi connectivity index (χ4n) is 3.65. The number of allylic oxidation sites excluding steroid dienone is 1. The predicted octanol–water partition coefficient (Wildman–Crippen LogP) is 2.96. The lowest BCUT2D eigenvalue weighted by Gasteiger charge is -2.27. The highest BCUT2D eigenvalue weighted by molar-refractivity contribution is 5.90. The van der Waals surface area contributed by atoms with Gasteiger partial charge in [0.15, 0.2) is 0 Å². The van der Waals surface area contributed by atoms with E-state index in [0.29, 0.717) is 39.1 Å². The zero-order chi connectivity index (χ0) is 24.9. The number of nitrogens with zero attached hydrogens (tertiary/aromatic N) is 1. The van der Waals surface area contributed by atoms with Crippen LogP contribution < -0.4 is 5.32 Å². The first-order chi connectivity index (χ1) is 16.3. The number of likely N-dealkylation sites (tertiary alicyclic amines) is 1. The summed E-state index contributed by atoms with van der Waals surface area (Å²) in [5, 5.41) is 2.58. The van der Waals surface area contributed by atoms with Crippen LogP contribution in [0.25, 0.3) is 0 Å². The fourth-order valence-corrected chi connectivity index (χ4v) is 3.65. The summed E-state index contributed by atoms with van der Waals surface area (Å²) in [4.78, 5) is 39.5. The van der Waals surface area contributed by atoms with Crippen LogP contribution in [-0.4, -0.2) is 67.9 Å². The van der Waals surface area contributed by atoms with Crippen LogP contribution >= 0.6 is 0 Å². The summed E-state index contributed by atoms with van der Waals surface area (Å²) in [6.45, 7) is 9.99. The number of amides is 2. The molecule has 0 unspecified atom stereocenters. The molecule has 2 rings (SSSR count). The Morgan fingerprint density at radius 1 is 1.26 bits per heavy atom. The monoisotopic (exact) mass is 474 g/mol. The number of carbonyl (C=O) groups excluding carboxylic acids is 3. The number of rotatable bonds is 13. The molecule has 9 heteroatoms. The molecule has 1 fully saturated rings. The number of ether oxygens (including phenoxy) is 4. The van der Waals surface area contributed by atoms with E-state index in [2.05, 4.69) is 18.5 Å². The highest BCUT2D eigenvalue weighted by Crippen LogP contribution is 2.24. The van der Waals surface area contributed by atoms with E-state index in [4.69, 9.17) is 18.9 Å². The lowest BCUT2D eigenvalue weighted by Crippen LogP contribution is -2.52. The van der Waals surface area contributed by atoms with Gasteiger partial charge in [-0.05, 0) is 25.3 Å².